The van der Waals surface area contributed by atoms with Crippen LogP contribution in [0.2, 0.25) is 0 Å². The molecular weight excluding hydrogens is 394 g/mol. The molecule has 0 aromatic heterocycles. The van der Waals surface area contributed by atoms with Crippen molar-refractivity contribution < 1.29 is 24.2 Å². The molecule has 6 nitrogen and oxygen atoms in total. The lowest BCUT2D eigenvalue weighted by Gasteiger charge is -2.19. The second-order valence-corrected chi connectivity index (χ2v) is 8.48. The minimum Gasteiger partial charge on any atom is -0.481 e. The van der Waals surface area contributed by atoms with Gasteiger partial charge in [-0.25, -0.2) is 4.79 Å². The third-order valence-corrected chi connectivity index (χ3v) is 5.79. The maximum absolute atomic E-state index is 12.0. The Morgan fingerprint density at radius 3 is 1.87 bits per heavy atom. The summed E-state index contributed by atoms with van der Waals surface area (Å²) in [5, 5.41) is 8.87. The Morgan fingerprint density at radius 1 is 0.774 bits per heavy atom. The van der Waals surface area contributed by atoms with Crippen molar-refractivity contribution in [2.24, 2.45) is 0 Å². The van der Waals surface area contributed by atoms with E-state index in [1.165, 1.54) is 51.4 Å². The molecule has 0 bridgehead atoms. The third-order valence-electron chi connectivity index (χ3n) is 5.79. The molecule has 184 valence electrons. The van der Waals surface area contributed by atoms with Crippen molar-refractivity contribution in [3.05, 3.63) is 0 Å². The van der Waals surface area contributed by atoms with E-state index in [0.29, 0.717) is 19.4 Å². The fraction of sp³-hybridized carbons (Fsp3) is 0.920. The molecule has 0 saturated heterocycles. The van der Waals surface area contributed by atoms with Gasteiger partial charge < -0.3 is 19.5 Å². The summed E-state index contributed by atoms with van der Waals surface area (Å²) in [6.07, 6.45) is 14.5. The Balaban J connectivity index is 4.02. The number of rotatable bonds is 22. The van der Waals surface area contributed by atoms with Gasteiger partial charge in [-0.05, 0) is 45.2 Å². The normalized spacial score (nSPS) is 12.1. The Morgan fingerprint density at radius 2 is 1.32 bits per heavy atom. The first-order valence-corrected chi connectivity index (χ1v) is 12.8. The van der Waals surface area contributed by atoms with Crippen LogP contribution in [-0.4, -0.2) is 54.5 Å². The highest BCUT2D eigenvalue weighted by Gasteiger charge is 2.16. The van der Waals surface area contributed by atoms with Crippen LogP contribution in [-0.2, 0) is 14.3 Å². The van der Waals surface area contributed by atoms with Crippen LogP contribution in [0.25, 0.3) is 0 Å². The number of carboxylic acids is 1. The van der Waals surface area contributed by atoms with Gasteiger partial charge in [-0.15, -0.1) is 0 Å². The molecule has 0 aliphatic heterocycles. The summed E-state index contributed by atoms with van der Waals surface area (Å²) < 4.78 is 10.7. The molecule has 0 rings (SSSR count). The Kier molecular flexibility index (Phi) is 21.0. The second-order valence-electron chi connectivity index (χ2n) is 8.48. The van der Waals surface area contributed by atoms with Crippen LogP contribution in [0.3, 0.4) is 0 Å². The summed E-state index contributed by atoms with van der Waals surface area (Å²) in [7, 11) is 0. The molecule has 0 aromatic rings. The fourth-order valence-electron chi connectivity index (χ4n) is 3.76. The average molecular weight is 444 g/mol. The van der Waals surface area contributed by atoms with Gasteiger partial charge in [0.05, 0.1) is 6.61 Å². The highest BCUT2D eigenvalue weighted by atomic mass is 16.7. The number of nitrogens with zero attached hydrogens (tertiary/aromatic N) is 1. The van der Waals surface area contributed by atoms with Crippen LogP contribution in [0.5, 0.6) is 0 Å². The number of carbonyl (C=O) groups excluding carboxylic acids is 1. The van der Waals surface area contributed by atoms with E-state index >= 15 is 0 Å². The molecule has 0 unspecified atom stereocenters. The zero-order chi connectivity index (χ0) is 23.2. The van der Waals surface area contributed by atoms with Crippen molar-refractivity contribution in [2.75, 3.05) is 26.2 Å². The van der Waals surface area contributed by atoms with Crippen LogP contribution in [0, 0.1) is 0 Å². The molecule has 1 N–H and O–H groups in total. The molecule has 0 saturated carbocycles. The highest BCUT2D eigenvalue weighted by Crippen LogP contribution is 2.16. The number of carbonyl (C=O) groups is 2. The standard InChI is InChI=1S/C25H49NO5/c1-4-7-8-9-10-11-12-13-14-15-18-23(19-16-20-24(27)28)31-25(29)30-22-17-21-26(5-2)6-3/h23H,4-22H2,1-3H3,(H,27,28)/t23-/m0/s1. The summed E-state index contributed by atoms with van der Waals surface area (Å²) in [4.78, 5) is 25.1. The summed E-state index contributed by atoms with van der Waals surface area (Å²) in [6.45, 7) is 9.72. The van der Waals surface area contributed by atoms with E-state index in [1.807, 2.05) is 0 Å². The second kappa shape index (κ2) is 21.9. The van der Waals surface area contributed by atoms with Gasteiger partial charge in [-0.1, -0.05) is 78.6 Å². The molecule has 0 heterocycles. The largest absolute Gasteiger partial charge is 0.508 e. The smallest absolute Gasteiger partial charge is 0.481 e. The van der Waals surface area contributed by atoms with Crippen LogP contribution in [0.1, 0.15) is 117 Å². The molecule has 0 spiro atoms. The van der Waals surface area contributed by atoms with Crippen LogP contribution in [0.15, 0.2) is 0 Å². The summed E-state index contributed by atoms with van der Waals surface area (Å²) in [5.41, 5.74) is 0. The van der Waals surface area contributed by atoms with Crippen molar-refractivity contribution in [1.29, 1.82) is 0 Å². The zero-order valence-corrected chi connectivity index (χ0v) is 20.5. The van der Waals surface area contributed by atoms with Crippen LogP contribution >= 0.6 is 0 Å². The molecule has 0 amide bonds. The van der Waals surface area contributed by atoms with Gasteiger partial charge in [0, 0.05) is 13.0 Å². The number of carboxylic acid groups (broad SMARTS) is 1. The molecule has 6 heteroatoms. The molecule has 0 aromatic carbocycles. The van der Waals surface area contributed by atoms with E-state index in [2.05, 4.69) is 25.7 Å². The first kappa shape index (κ1) is 29.7. The van der Waals surface area contributed by atoms with Crippen LogP contribution in [0.4, 0.5) is 4.79 Å². The van der Waals surface area contributed by atoms with Crippen molar-refractivity contribution in [3.63, 3.8) is 0 Å². The number of hydrogen-bond acceptors (Lipinski definition) is 5. The topological polar surface area (TPSA) is 76.1 Å². The molecule has 0 fully saturated rings. The first-order chi connectivity index (χ1) is 15.0. The Hall–Kier alpha value is -1.30. The maximum Gasteiger partial charge on any atom is 0.508 e. The highest BCUT2D eigenvalue weighted by molar-refractivity contribution is 5.66. The lowest BCUT2D eigenvalue weighted by Crippen LogP contribution is -2.25. The van der Waals surface area contributed by atoms with Gasteiger partial charge in [-0.2, -0.15) is 0 Å². The number of aliphatic carboxylic acids is 1. The van der Waals surface area contributed by atoms with E-state index in [0.717, 1.165) is 45.3 Å². The van der Waals surface area contributed by atoms with Gasteiger partial charge in [-0.3, -0.25) is 4.79 Å². The van der Waals surface area contributed by atoms with Crippen molar-refractivity contribution in [1.82, 2.24) is 4.90 Å². The predicted octanol–water partition coefficient (Wildman–Crippen LogP) is 6.81. The fourth-order valence-corrected chi connectivity index (χ4v) is 3.76. The quantitative estimate of drug-likeness (QED) is 0.146. The zero-order valence-electron chi connectivity index (χ0n) is 20.5. The minimum absolute atomic E-state index is 0.108. The first-order valence-electron chi connectivity index (χ1n) is 12.8. The number of hydrogen-bond donors (Lipinski definition) is 1. The van der Waals surface area contributed by atoms with Gasteiger partial charge >= 0.3 is 12.1 Å². The molecule has 31 heavy (non-hydrogen) atoms. The van der Waals surface area contributed by atoms with E-state index in [1.54, 1.807) is 0 Å². The molecule has 0 radical (unpaired) electrons. The predicted molar refractivity (Wildman–Crippen MR) is 127 cm³/mol. The molecule has 0 aliphatic carbocycles. The Labute approximate surface area is 191 Å². The molecule has 0 aliphatic rings. The van der Waals surface area contributed by atoms with Gasteiger partial charge in [0.25, 0.3) is 0 Å². The summed E-state index contributed by atoms with van der Waals surface area (Å²) >= 11 is 0. The average Bonchev–Trinajstić information content (AvgIpc) is 2.74. The van der Waals surface area contributed by atoms with E-state index in [9.17, 15) is 9.59 Å². The molecular formula is C25H49NO5. The maximum atomic E-state index is 12.0. The van der Waals surface area contributed by atoms with Crippen molar-refractivity contribution >= 4 is 12.1 Å². The summed E-state index contributed by atoms with van der Waals surface area (Å²) in [5.74, 6) is -0.809. The van der Waals surface area contributed by atoms with E-state index in [4.69, 9.17) is 14.6 Å². The van der Waals surface area contributed by atoms with Gasteiger partial charge in [0.2, 0.25) is 0 Å². The van der Waals surface area contributed by atoms with E-state index < -0.39 is 12.1 Å². The van der Waals surface area contributed by atoms with Gasteiger partial charge in [0.15, 0.2) is 0 Å². The third kappa shape index (κ3) is 20.4. The van der Waals surface area contributed by atoms with Gasteiger partial charge in [0.1, 0.15) is 6.10 Å². The lowest BCUT2D eigenvalue weighted by molar-refractivity contribution is -0.137. The SMILES string of the molecule is CCCCCCCCCCCC[C@@H](CCCC(=O)O)OC(=O)OCCCN(CC)CC. The van der Waals surface area contributed by atoms with Crippen molar-refractivity contribution in [2.45, 2.75) is 123 Å². The molecule has 1 atom stereocenters. The van der Waals surface area contributed by atoms with Crippen molar-refractivity contribution in [3.8, 4) is 0 Å². The minimum atomic E-state index is -0.809. The number of ether oxygens (including phenoxy) is 2. The van der Waals surface area contributed by atoms with E-state index in [-0.39, 0.29) is 12.5 Å². The summed E-state index contributed by atoms with van der Waals surface area (Å²) in [6, 6.07) is 0. The Bertz CT molecular complexity index is 426. The lowest BCUT2D eigenvalue weighted by atomic mass is 10.0. The van der Waals surface area contributed by atoms with Crippen LogP contribution < -0.4 is 0 Å². The monoisotopic (exact) mass is 443 g/mol. The number of unbranched alkanes of at least 4 members (excludes halogenated alkanes) is 9.